The van der Waals surface area contributed by atoms with E-state index in [-0.39, 0.29) is 23.5 Å². The summed E-state index contributed by atoms with van der Waals surface area (Å²) in [5.74, 6) is 0.402. The lowest BCUT2D eigenvalue weighted by atomic mass is 10.1. The van der Waals surface area contributed by atoms with E-state index in [4.69, 9.17) is 0 Å². The van der Waals surface area contributed by atoms with E-state index in [1.54, 1.807) is 0 Å². The molecule has 3 saturated heterocycles. The quantitative estimate of drug-likeness (QED) is 0.741. The number of rotatable bonds is 2. The number of nitrogens with one attached hydrogen (secondary N) is 1. The lowest BCUT2D eigenvalue weighted by Gasteiger charge is -2.28. The minimum atomic E-state index is -2.97. The second-order valence-electron chi connectivity index (χ2n) is 6.49. The number of carbonyl (C=O) groups is 1. The third kappa shape index (κ3) is 3.76. The molecule has 6 nitrogen and oxygen atoms in total. The van der Waals surface area contributed by atoms with Gasteiger partial charge in [-0.2, -0.15) is 0 Å². The molecule has 7 heteroatoms. The van der Waals surface area contributed by atoms with Crippen molar-refractivity contribution in [3.63, 3.8) is 0 Å². The Morgan fingerprint density at radius 2 is 2.00 bits per heavy atom. The maximum absolute atomic E-state index is 12.5. The first-order chi connectivity index (χ1) is 10.0. The topological polar surface area (TPSA) is 69.7 Å². The minimum Gasteiger partial charge on any atom is -0.341 e. The van der Waals surface area contributed by atoms with Crippen molar-refractivity contribution in [2.45, 2.75) is 37.8 Å². The molecule has 0 radical (unpaired) electrons. The van der Waals surface area contributed by atoms with Crippen molar-refractivity contribution in [3.8, 4) is 0 Å². The van der Waals surface area contributed by atoms with E-state index in [2.05, 4.69) is 10.2 Å². The Hall–Kier alpha value is -0.660. The van der Waals surface area contributed by atoms with Crippen LogP contribution < -0.4 is 5.32 Å². The summed E-state index contributed by atoms with van der Waals surface area (Å²) in [5, 5.41) is 3.17. The number of hydrogen-bond donors (Lipinski definition) is 1. The second kappa shape index (κ2) is 6.22. The van der Waals surface area contributed by atoms with Crippen LogP contribution in [0.25, 0.3) is 0 Å². The fourth-order valence-corrected chi connectivity index (χ4v) is 5.22. The summed E-state index contributed by atoms with van der Waals surface area (Å²) in [6.45, 7) is 4.35. The lowest BCUT2D eigenvalue weighted by molar-refractivity contribution is -0.131. The van der Waals surface area contributed by atoms with Gasteiger partial charge in [0.15, 0.2) is 9.84 Å². The van der Waals surface area contributed by atoms with Crippen molar-refractivity contribution in [2.24, 2.45) is 0 Å². The van der Waals surface area contributed by atoms with Gasteiger partial charge in [-0.3, -0.25) is 9.69 Å². The van der Waals surface area contributed by atoms with Gasteiger partial charge < -0.3 is 10.2 Å². The Morgan fingerprint density at radius 3 is 2.81 bits per heavy atom. The van der Waals surface area contributed by atoms with Gasteiger partial charge in [-0.15, -0.1) is 0 Å². The molecule has 0 bridgehead atoms. The molecule has 2 atom stereocenters. The summed E-state index contributed by atoms with van der Waals surface area (Å²) in [7, 11) is -2.97. The lowest BCUT2D eigenvalue weighted by Crippen LogP contribution is -2.48. The van der Waals surface area contributed by atoms with Crippen LogP contribution in [0.3, 0.4) is 0 Å². The highest BCUT2D eigenvalue weighted by molar-refractivity contribution is 7.91. The van der Waals surface area contributed by atoms with Gasteiger partial charge >= 0.3 is 0 Å². The molecular weight excluding hydrogens is 290 g/mol. The smallest absolute Gasteiger partial charge is 0.224 e. The van der Waals surface area contributed by atoms with Crippen LogP contribution in [0.1, 0.15) is 25.7 Å². The summed E-state index contributed by atoms with van der Waals surface area (Å²) in [6.07, 6.45) is 3.75. The van der Waals surface area contributed by atoms with E-state index >= 15 is 0 Å². The molecule has 0 aromatic rings. The molecule has 0 aromatic heterocycles. The molecule has 2 unspecified atom stereocenters. The molecule has 3 heterocycles. The van der Waals surface area contributed by atoms with Gasteiger partial charge in [-0.1, -0.05) is 0 Å². The predicted octanol–water partition coefficient (Wildman–Crippen LogP) is -0.540. The highest BCUT2D eigenvalue weighted by atomic mass is 32.2. The molecule has 3 rings (SSSR count). The first-order valence-corrected chi connectivity index (χ1v) is 9.81. The zero-order valence-electron chi connectivity index (χ0n) is 12.5. The molecule has 120 valence electrons. The summed E-state index contributed by atoms with van der Waals surface area (Å²) < 4.78 is 23.3. The third-order valence-electron chi connectivity index (χ3n) is 4.88. The Balaban J connectivity index is 1.57. The maximum Gasteiger partial charge on any atom is 0.224 e. The monoisotopic (exact) mass is 315 g/mol. The second-order valence-corrected chi connectivity index (χ2v) is 8.72. The SMILES string of the molecule is O=C(CC1CS(=O)(=O)CCN1)N1CCCN2CCCC2C1. The van der Waals surface area contributed by atoms with Crippen LogP contribution >= 0.6 is 0 Å². The molecule has 0 aliphatic carbocycles. The van der Waals surface area contributed by atoms with Crippen molar-refractivity contribution in [2.75, 3.05) is 44.2 Å². The van der Waals surface area contributed by atoms with E-state index in [1.165, 1.54) is 12.8 Å². The number of hydrogen-bond acceptors (Lipinski definition) is 5. The molecule has 3 fully saturated rings. The standard InChI is InChI=1S/C14H25N3O3S/c18-14(9-12-11-21(19,20)8-4-15-12)17-7-2-6-16-5-1-3-13(16)10-17/h12-13,15H,1-11H2. The van der Waals surface area contributed by atoms with E-state index in [0.717, 1.165) is 32.6 Å². The fourth-order valence-electron chi connectivity index (χ4n) is 3.77. The van der Waals surface area contributed by atoms with Gasteiger partial charge in [0.05, 0.1) is 11.5 Å². The van der Waals surface area contributed by atoms with Crippen molar-refractivity contribution in [3.05, 3.63) is 0 Å². The summed E-state index contributed by atoms with van der Waals surface area (Å²) in [6, 6.07) is 0.304. The van der Waals surface area contributed by atoms with Crippen LogP contribution in [0.5, 0.6) is 0 Å². The number of sulfone groups is 1. The number of nitrogens with zero attached hydrogens (tertiary/aromatic N) is 2. The largest absolute Gasteiger partial charge is 0.341 e. The van der Waals surface area contributed by atoms with E-state index < -0.39 is 9.84 Å². The molecule has 3 aliphatic heterocycles. The van der Waals surface area contributed by atoms with Gasteiger partial charge in [-0.25, -0.2) is 8.42 Å². The van der Waals surface area contributed by atoms with Gasteiger partial charge in [0.25, 0.3) is 0 Å². The fraction of sp³-hybridized carbons (Fsp3) is 0.929. The Labute approximate surface area is 126 Å². The van der Waals surface area contributed by atoms with Crippen LogP contribution in [-0.4, -0.2) is 80.4 Å². The summed E-state index contributed by atoms with van der Waals surface area (Å²) in [5.41, 5.74) is 0. The first kappa shape index (κ1) is 15.2. The first-order valence-electron chi connectivity index (χ1n) is 7.99. The number of amides is 1. The summed E-state index contributed by atoms with van der Waals surface area (Å²) >= 11 is 0. The van der Waals surface area contributed by atoms with Crippen molar-refractivity contribution in [1.82, 2.24) is 15.1 Å². The van der Waals surface area contributed by atoms with Gasteiger partial charge in [-0.05, 0) is 25.8 Å². The number of fused-ring (bicyclic) bond motifs is 1. The Morgan fingerprint density at radius 1 is 1.19 bits per heavy atom. The van der Waals surface area contributed by atoms with Crippen molar-refractivity contribution in [1.29, 1.82) is 0 Å². The van der Waals surface area contributed by atoms with Gasteiger partial charge in [0, 0.05) is 44.7 Å². The van der Waals surface area contributed by atoms with Crippen LogP contribution in [0.4, 0.5) is 0 Å². The van der Waals surface area contributed by atoms with Crippen LogP contribution in [0, 0.1) is 0 Å². The summed E-state index contributed by atoms with van der Waals surface area (Å²) in [4.78, 5) is 16.9. The molecule has 0 saturated carbocycles. The predicted molar refractivity (Wildman–Crippen MR) is 80.9 cm³/mol. The average molecular weight is 315 g/mol. The molecule has 0 spiro atoms. The van der Waals surface area contributed by atoms with E-state index in [9.17, 15) is 13.2 Å². The van der Waals surface area contributed by atoms with E-state index in [0.29, 0.717) is 19.0 Å². The normalized spacial score (nSPS) is 33.4. The maximum atomic E-state index is 12.5. The van der Waals surface area contributed by atoms with Gasteiger partial charge in [0.1, 0.15) is 0 Å². The molecule has 3 aliphatic rings. The minimum absolute atomic E-state index is 0.0993. The zero-order valence-corrected chi connectivity index (χ0v) is 13.3. The van der Waals surface area contributed by atoms with Crippen molar-refractivity contribution >= 4 is 15.7 Å². The third-order valence-corrected chi connectivity index (χ3v) is 6.61. The van der Waals surface area contributed by atoms with E-state index in [1.807, 2.05) is 4.90 Å². The molecule has 1 N–H and O–H groups in total. The van der Waals surface area contributed by atoms with Gasteiger partial charge in [0.2, 0.25) is 5.91 Å². The van der Waals surface area contributed by atoms with Crippen LogP contribution in [0.15, 0.2) is 0 Å². The Kier molecular flexibility index (Phi) is 4.51. The Bertz CT molecular complexity index is 494. The molecular formula is C14H25N3O3S. The average Bonchev–Trinajstić information content (AvgIpc) is 2.74. The molecule has 0 aromatic carbocycles. The van der Waals surface area contributed by atoms with Crippen LogP contribution in [-0.2, 0) is 14.6 Å². The molecule has 21 heavy (non-hydrogen) atoms. The van der Waals surface area contributed by atoms with Crippen LogP contribution in [0.2, 0.25) is 0 Å². The zero-order chi connectivity index (χ0) is 14.9. The highest BCUT2D eigenvalue weighted by Gasteiger charge is 2.32. The highest BCUT2D eigenvalue weighted by Crippen LogP contribution is 2.22. The van der Waals surface area contributed by atoms with Crippen molar-refractivity contribution < 1.29 is 13.2 Å². The molecule has 1 amide bonds. The number of carbonyl (C=O) groups excluding carboxylic acids is 1.